The molecule has 0 N–H and O–H groups in total. The van der Waals surface area contributed by atoms with E-state index in [9.17, 15) is 4.79 Å². The maximum Gasteiger partial charge on any atom is 0.254 e. The van der Waals surface area contributed by atoms with Crippen LogP contribution < -0.4 is 9.64 Å². The Labute approximate surface area is 171 Å². The first-order valence-corrected chi connectivity index (χ1v) is 9.90. The van der Waals surface area contributed by atoms with E-state index in [1.807, 2.05) is 79.4 Å². The lowest BCUT2D eigenvalue weighted by Gasteiger charge is -2.35. The molecule has 1 aliphatic rings. The largest absolute Gasteiger partial charge is 0.457 e. The molecule has 2 heterocycles. The standard InChI is InChI=1S/C24H25N3O2/c1-18-6-8-21(9-7-18)29-22-16-19(2)15-20(17-22)24(28)27-13-11-26(12-14-27)23-5-3-4-10-25-23/h3-10,15-17H,11-14H2,1-2H3. The van der Waals surface area contributed by atoms with Gasteiger partial charge in [0.05, 0.1) is 0 Å². The van der Waals surface area contributed by atoms with Gasteiger partial charge in [-0.2, -0.15) is 0 Å². The fourth-order valence-corrected chi connectivity index (χ4v) is 3.53. The number of benzene rings is 2. The number of pyridine rings is 1. The van der Waals surface area contributed by atoms with Crippen LogP contribution >= 0.6 is 0 Å². The molecule has 1 aliphatic heterocycles. The molecule has 0 unspecified atom stereocenters. The summed E-state index contributed by atoms with van der Waals surface area (Å²) in [6.07, 6.45) is 1.80. The molecule has 1 fully saturated rings. The summed E-state index contributed by atoms with van der Waals surface area (Å²) < 4.78 is 5.98. The van der Waals surface area contributed by atoms with Crippen LogP contribution in [0.4, 0.5) is 5.82 Å². The second kappa shape index (κ2) is 8.35. The minimum atomic E-state index is 0.0446. The molecule has 0 atom stereocenters. The SMILES string of the molecule is Cc1ccc(Oc2cc(C)cc(C(=O)N3CCN(c4ccccn4)CC3)c2)cc1. The average molecular weight is 387 g/mol. The first kappa shape index (κ1) is 19.0. The maximum atomic E-state index is 13.1. The van der Waals surface area contributed by atoms with E-state index in [1.165, 1.54) is 5.56 Å². The highest BCUT2D eigenvalue weighted by atomic mass is 16.5. The molecule has 0 saturated carbocycles. The molecule has 1 aromatic heterocycles. The van der Waals surface area contributed by atoms with E-state index in [0.717, 1.165) is 30.2 Å². The van der Waals surface area contributed by atoms with Gasteiger partial charge in [-0.25, -0.2) is 4.98 Å². The number of nitrogens with zero attached hydrogens (tertiary/aromatic N) is 3. The molecule has 2 aromatic carbocycles. The topological polar surface area (TPSA) is 45.7 Å². The Morgan fingerprint density at radius 2 is 1.62 bits per heavy atom. The lowest BCUT2D eigenvalue weighted by Crippen LogP contribution is -2.49. The van der Waals surface area contributed by atoms with Gasteiger partial charge in [-0.3, -0.25) is 4.79 Å². The molecule has 0 spiro atoms. The van der Waals surface area contributed by atoms with E-state index < -0.39 is 0 Å². The number of hydrogen-bond donors (Lipinski definition) is 0. The van der Waals surface area contributed by atoms with Gasteiger partial charge in [0.15, 0.2) is 0 Å². The fourth-order valence-electron chi connectivity index (χ4n) is 3.53. The molecular formula is C24H25N3O2. The van der Waals surface area contributed by atoms with Gasteiger partial charge >= 0.3 is 0 Å². The third-order valence-electron chi connectivity index (χ3n) is 5.09. The van der Waals surface area contributed by atoms with Crippen LogP contribution in [-0.4, -0.2) is 42.0 Å². The van der Waals surface area contributed by atoms with Crippen molar-refractivity contribution < 1.29 is 9.53 Å². The predicted octanol–water partition coefficient (Wildman–Crippen LogP) is 4.45. The van der Waals surface area contributed by atoms with E-state index in [4.69, 9.17) is 4.74 Å². The number of anilines is 1. The molecule has 148 valence electrons. The van der Waals surface area contributed by atoms with E-state index in [1.54, 1.807) is 6.20 Å². The Morgan fingerprint density at radius 3 is 2.31 bits per heavy atom. The number of rotatable bonds is 4. The Kier molecular flexibility index (Phi) is 5.47. The van der Waals surface area contributed by atoms with Crippen molar-refractivity contribution in [3.8, 4) is 11.5 Å². The van der Waals surface area contributed by atoms with Gasteiger partial charge in [0, 0.05) is 37.9 Å². The van der Waals surface area contributed by atoms with Gasteiger partial charge in [-0.15, -0.1) is 0 Å². The van der Waals surface area contributed by atoms with E-state index in [0.29, 0.717) is 24.4 Å². The zero-order valence-corrected chi connectivity index (χ0v) is 16.8. The summed E-state index contributed by atoms with van der Waals surface area (Å²) in [4.78, 5) is 21.6. The zero-order chi connectivity index (χ0) is 20.2. The number of hydrogen-bond acceptors (Lipinski definition) is 4. The highest BCUT2D eigenvalue weighted by Gasteiger charge is 2.23. The lowest BCUT2D eigenvalue weighted by atomic mass is 10.1. The van der Waals surface area contributed by atoms with Crippen LogP contribution in [0.1, 0.15) is 21.5 Å². The Hall–Kier alpha value is -3.34. The second-order valence-electron chi connectivity index (χ2n) is 7.42. The second-order valence-corrected chi connectivity index (χ2v) is 7.42. The maximum absolute atomic E-state index is 13.1. The van der Waals surface area contributed by atoms with Gasteiger partial charge in [0.1, 0.15) is 17.3 Å². The number of carbonyl (C=O) groups excluding carboxylic acids is 1. The summed E-state index contributed by atoms with van der Waals surface area (Å²) in [5, 5.41) is 0. The minimum absolute atomic E-state index is 0.0446. The average Bonchev–Trinajstić information content (AvgIpc) is 2.75. The molecule has 5 nitrogen and oxygen atoms in total. The zero-order valence-electron chi connectivity index (χ0n) is 16.8. The predicted molar refractivity (Wildman–Crippen MR) is 115 cm³/mol. The van der Waals surface area contributed by atoms with Crippen LogP contribution in [0.25, 0.3) is 0 Å². The van der Waals surface area contributed by atoms with Gasteiger partial charge in [0.25, 0.3) is 5.91 Å². The molecule has 4 rings (SSSR count). The molecular weight excluding hydrogens is 362 g/mol. The lowest BCUT2D eigenvalue weighted by molar-refractivity contribution is 0.0746. The molecule has 0 aliphatic carbocycles. The fraction of sp³-hybridized carbons (Fsp3) is 0.250. The summed E-state index contributed by atoms with van der Waals surface area (Å²) in [7, 11) is 0. The molecule has 0 bridgehead atoms. The van der Waals surface area contributed by atoms with Crippen molar-refractivity contribution in [1.29, 1.82) is 0 Å². The van der Waals surface area contributed by atoms with Crippen molar-refractivity contribution in [3.05, 3.63) is 83.6 Å². The number of carbonyl (C=O) groups is 1. The van der Waals surface area contributed by atoms with Crippen LogP contribution in [0.15, 0.2) is 66.9 Å². The highest BCUT2D eigenvalue weighted by Crippen LogP contribution is 2.25. The van der Waals surface area contributed by atoms with Crippen molar-refractivity contribution in [2.45, 2.75) is 13.8 Å². The van der Waals surface area contributed by atoms with Crippen molar-refractivity contribution in [3.63, 3.8) is 0 Å². The van der Waals surface area contributed by atoms with Crippen LogP contribution in [-0.2, 0) is 0 Å². The summed E-state index contributed by atoms with van der Waals surface area (Å²) >= 11 is 0. The van der Waals surface area contributed by atoms with E-state index in [-0.39, 0.29) is 5.91 Å². The third kappa shape index (κ3) is 4.57. The number of aromatic nitrogens is 1. The summed E-state index contributed by atoms with van der Waals surface area (Å²) in [6.45, 7) is 6.94. The smallest absolute Gasteiger partial charge is 0.254 e. The molecule has 1 saturated heterocycles. The van der Waals surface area contributed by atoms with E-state index >= 15 is 0 Å². The Bertz CT molecular complexity index is 979. The Morgan fingerprint density at radius 1 is 0.862 bits per heavy atom. The van der Waals surface area contributed by atoms with Crippen LogP contribution in [0.3, 0.4) is 0 Å². The summed E-state index contributed by atoms with van der Waals surface area (Å²) in [6, 6.07) is 19.5. The van der Waals surface area contributed by atoms with Gasteiger partial charge < -0.3 is 14.5 Å². The molecule has 3 aromatic rings. The van der Waals surface area contributed by atoms with Gasteiger partial charge in [-0.1, -0.05) is 23.8 Å². The minimum Gasteiger partial charge on any atom is -0.457 e. The van der Waals surface area contributed by atoms with Crippen molar-refractivity contribution in [2.24, 2.45) is 0 Å². The highest BCUT2D eigenvalue weighted by molar-refractivity contribution is 5.95. The molecule has 29 heavy (non-hydrogen) atoms. The molecule has 1 amide bonds. The number of amides is 1. The van der Waals surface area contributed by atoms with Crippen LogP contribution in [0.2, 0.25) is 0 Å². The van der Waals surface area contributed by atoms with Crippen molar-refractivity contribution in [2.75, 3.05) is 31.1 Å². The van der Waals surface area contributed by atoms with Crippen LogP contribution in [0, 0.1) is 13.8 Å². The van der Waals surface area contributed by atoms with Gasteiger partial charge in [0.2, 0.25) is 0 Å². The molecule has 5 heteroatoms. The normalized spacial score (nSPS) is 14.0. The first-order chi connectivity index (χ1) is 14.1. The number of ether oxygens (including phenoxy) is 1. The number of piperazine rings is 1. The summed E-state index contributed by atoms with van der Waals surface area (Å²) in [5.74, 6) is 2.46. The molecule has 0 radical (unpaired) electrons. The van der Waals surface area contributed by atoms with E-state index in [2.05, 4.69) is 9.88 Å². The number of aryl methyl sites for hydroxylation is 2. The summed E-state index contributed by atoms with van der Waals surface area (Å²) in [5.41, 5.74) is 2.85. The quantitative estimate of drug-likeness (QED) is 0.663. The first-order valence-electron chi connectivity index (χ1n) is 9.90. The Balaban J connectivity index is 1.45. The van der Waals surface area contributed by atoms with Crippen molar-refractivity contribution >= 4 is 11.7 Å². The van der Waals surface area contributed by atoms with Gasteiger partial charge in [-0.05, 0) is 61.9 Å². The van der Waals surface area contributed by atoms with Crippen molar-refractivity contribution in [1.82, 2.24) is 9.88 Å². The third-order valence-corrected chi connectivity index (χ3v) is 5.09. The monoisotopic (exact) mass is 387 g/mol. The van der Waals surface area contributed by atoms with Crippen LogP contribution in [0.5, 0.6) is 11.5 Å².